The maximum absolute atomic E-state index is 12.5. The first-order valence-corrected chi connectivity index (χ1v) is 8.85. The molecule has 0 aromatic heterocycles. The third-order valence-electron chi connectivity index (χ3n) is 5.22. The van der Waals surface area contributed by atoms with Gasteiger partial charge >= 0.3 is 5.97 Å². The zero-order valence-corrected chi connectivity index (χ0v) is 15.0. The molecule has 0 aromatic rings. The molecule has 2 bridgehead atoms. The zero-order chi connectivity index (χ0) is 15.0. The van der Waals surface area contributed by atoms with Gasteiger partial charge in [0.25, 0.3) is 0 Å². The lowest BCUT2D eigenvalue weighted by atomic mass is 9.59. The molecule has 2 aliphatic rings. The normalized spacial score (nSPS) is 40.0. The third kappa shape index (κ3) is 3.32. The van der Waals surface area contributed by atoms with Crippen LogP contribution in [0.25, 0.3) is 0 Å². The molecule has 0 aromatic carbocycles. The van der Waals surface area contributed by atoms with Crippen LogP contribution in [0.15, 0.2) is 0 Å². The number of aliphatic hydroxyl groups is 1. The molecule has 0 saturated heterocycles. The van der Waals surface area contributed by atoms with Gasteiger partial charge in [-0.3, -0.25) is 4.79 Å². The Kier molecular flexibility index (Phi) is 4.75. The number of fused-ring (bicyclic) bond motifs is 2. The first-order valence-electron chi connectivity index (χ1n) is 7.77. The first kappa shape index (κ1) is 16.5. The number of aliphatic hydroxyl groups excluding tert-OH is 1. The fourth-order valence-electron chi connectivity index (χ4n) is 4.02. The van der Waals surface area contributed by atoms with Crippen molar-refractivity contribution in [3.05, 3.63) is 0 Å². The SMILES string of the molecule is CCC(C)(I)C(=O)OC12CCCC(CC(C)(CO)C1)C2. The third-order valence-corrected chi connectivity index (χ3v) is 6.42. The van der Waals surface area contributed by atoms with Crippen molar-refractivity contribution in [3.63, 3.8) is 0 Å². The number of hydrogen-bond acceptors (Lipinski definition) is 3. The maximum atomic E-state index is 12.5. The van der Waals surface area contributed by atoms with Crippen molar-refractivity contribution in [2.75, 3.05) is 6.61 Å². The number of carbonyl (C=O) groups is 1. The van der Waals surface area contributed by atoms with Crippen molar-refractivity contribution >= 4 is 28.6 Å². The molecule has 2 saturated carbocycles. The lowest BCUT2D eigenvalue weighted by Gasteiger charge is -2.52. The van der Waals surface area contributed by atoms with Crippen LogP contribution in [-0.4, -0.2) is 26.7 Å². The fourth-order valence-corrected chi connectivity index (χ4v) is 4.13. The predicted octanol–water partition coefficient (Wildman–Crippen LogP) is 3.85. The number of esters is 1. The van der Waals surface area contributed by atoms with Gasteiger partial charge in [0.1, 0.15) is 9.02 Å². The topological polar surface area (TPSA) is 46.5 Å². The molecule has 1 N–H and O–H groups in total. The van der Waals surface area contributed by atoms with E-state index in [9.17, 15) is 9.90 Å². The molecule has 2 fully saturated rings. The Hall–Kier alpha value is 0.160. The Morgan fingerprint density at radius 3 is 2.80 bits per heavy atom. The van der Waals surface area contributed by atoms with Crippen molar-refractivity contribution in [1.82, 2.24) is 0 Å². The number of halogens is 1. The van der Waals surface area contributed by atoms with Crippen molar-refractivity contribution in [2.45, 2.75) is 74.7 Å². The molecule has 4 unspecified atom stereocenters. The Morgan fingerprint density at radius 2 is 2.20 bits per heavy atom. The summed E-state index contributed by atoms with van der Waals surface area (Å²) in [5.74, 6) is 0.521. The molecule has 0 heterocycles. The van der Waals surface area contributed by atoms with Gasteiger partial charge in [-0.25, -0.2) is 0 Å². The highest BCUT2D eigenvalue weighted by Crippen LogP contribution is 2.52. The van der Waals surface area contributed by atoms with Crippen LogP contribution in [0.5, 0.6) is 0 Å². The van der Waals surface area contributed by atoms with E-state index in [1.165, 1.54) is 6.42 Å². The lowest BCUT2D eigenvalue weighted by molar-refractivity contribution is -0.181. The molecule has 116 valence electrons. The molecule has 0 aliphatic heterocycles. The smallest absolute Gasteiger partial charge is 0.322 e. The maximum Gasteiger partial charge on any atom is 0.322 e. The molecule has 0 amide bonds. The first-order chi connectivity index (χ1) is 9.24. The van der Waals surface area contributed by atoms with Crippen LogP contribution < -0.4 is 0 Å². The molecule has 4 heteroatoms. The summed E-state index contributed by atoms with van der Waals surface area (Å²) in [7, 11) is 0. The predicted molar refractivity (Wildman–Crippen MR) is 87.9 cm³/mol. The van der Waals surface area contributed by atoms with E-state index in [1.807, 2.05) is 13.8 Å². The minimum Gasteiger partial charge on any atom is -0.458 e. The van der Waals surface area contributed by atoms with E-state index in [0.717, 1.165) is 38.5 Å². The molecule has 2 aliphatic carbocycles. The minimum atomic E-state index is -0.438. The summed E-state index contributed by atoms with van der Waals surface area (Å²) in [5, 5.41) is 9.72. The van der Waals surface area contributed by atoms with E-state index < -0.39 is 3.42 Å². The van der Waals surface area contributed by atoms with Crippen molar-refractivity contribution in [1.29, 1.82) is 0 Å². The number of ether oxygens (including phenoxy) is 1. The van der Waals surface area contributed by atoms with Crippen molar-refractivity contribution < 1.29 is 14.6 Å². The Morgan fingerprint density at radius 1 is 1.50 bits per heavy atom. The van der Waals surface area contributed by atoms with Crippen LogP contribution in [0.3, 0.4) is 0 Å². The van der Waals surface area contributed by atoms with Gasteiger partial charge in [-0.2, -0.15) is 0 Å². The second-order valence-corrected chi connectivity index (χ2v) is 9.82. The van der Waals surface area contributed by atoms with Gasteiger partial charge in [-0.05, 0) is 56.8 Å². The lowest BCUT2D eigenvalue weighted by Crippen LogP contribution is -2.52. The molecular formula is C16H27IO3. The summed E-state index contributed by atoms with van der Waals surface area (Å²) in [6, 6.07) is 0. The monoisotopic (exact) mass is 394 g/mol. The largest absolute Gasteiger partial charge is 0.458 e. The summed E-state index contributed by atoms with van der Waals surface area (Å²) >= 11 is 2.20. The van der Waals surface area contributed by atoms with Gasteiger partial charge in [0.05, 0.1) is 0 Å². The Labute approximate surface area is 136 Å². The number of rotatable bonds is 4. The van der Waals surface area contributed by atoms with Crippen LogP contribution in [0.1, 0.15) is 65.7 Å². The van der Waals surface area contributed by atoms with Gasteiger partial charge in [0.15, 0.2) is 0 Å². The van der Waals surface area contributed by atoms with E-state index in [-0.39, 0.29) is 23.6 Å². The zero-order valence-electron chi connectivity index (χ0n) is 12.9. The quantitative estimate of drug-likeness (QED) is 0.448. The Balaban J connectivity index is 2.17. The van der Waals surface area contributed by atoms with Crippen LogP contribution in [0.4, 0.5) is 0 Å². The van der Waals surface area contributed by atoms with Crippen LogP contribution >= 0.6 is 22.6 Å². The number of alkyl halides is 1. The average molecular weight is 394 g/mol. The minimum absolute atomic E-state index is 0.0801. The van der Waals surface area contributed by atoms with Crippen LogP contribution in [-0.2, 0) is 9.53 Å². The standard InChI is InChI=1S/C16H27IO3/c1-4-15(3,17)13(19)20-16-7-5-6-12(9-16)8-14(2,10-16)11-18/h12,18H,4-11H2,1-3H3. The van der Waals surface area contributed by atoms with E-state index >= 15 is 0 Å². The van der Waals surface area contributed by atoms with Gasteiger partial charge in [-0.15, -0.1) is 0 Å². The molecule has 2 rings (SSSR count). The highest BCUT2D eigenvalue weighted by Gasteiger charge is 2.51. The molecule has 4 atom stereocenters. The molecule has 0 spiro atoms. The summed E-state index contributed by atoms with van der Waals surface area (Å²) in [4.78, 5) is 12.5. The number of carbonyl (C=O) groups excluding carboxylic acids is 1. The average Bonchev–Trinajstić information content (AvgIpc) is 2.37. The summed E-state index contributed by atoms with van der Waals surface area (Å²) in [6.45, 7) is 6.29. The molecule has 0 radical (unpaired) electrons. The van der Waals surface area contributed by atoms with Crippen LogP contribution in [0.2, 0.25) is 0 Å². The molecule has 20 heavy (non-hydrogen) atoms. The number of hydrogen-bond donors (Lipinski definition) is 1. The van der Waals surface area contributed by atoms with Crippen LogP contribution in [0, 0.1) is 11.3 Å². The molecule has 3 nitrogen and oxygen atoms in total. The summed E-state index contributed by atoms with van der Waals surface area (Å²) in [6.07, 6.45) is 6.97. The van der Waals surface area contributed by atoms with Crippen molar-refractivity contribution in [3.8, 4) is 0 Å². The van der Waals surface area contributed by atoms with Gasteiger partial charge in [0, 0.05) is 6.61 Å². The highest BCUT2D eigenvalue weighted by atomic mass is 127. The van der Waals surface area contributed by atoms with Gasteiger partial charge < -0.3 is 9.84 Å². The van der Waals surface area contributed by atoms with Gasteiger partial charge in [-0.1, -0.05) is 42.9 Å². The summed E-state index contributed by atoms with van der Waals surface area (Å²) in [5.41, 5.74) is -0.408. The Bertz CT molecular complexity index is 382. The fraction of sp³-hybridized carbons (Fsp3) is 0.938. The highest BCUT2D eigenvalue weighted by molar-refractivity contribution is 14.1. The van der Waals surface area contributed by atoms with Crippen molar-refractivity contribution in [2.24, 2.45) is 11.3 Å². The second kappa shape index (κ2) is 5.75. The summed E-state index contributed by atoms with van der Waals surface area (Å²) < 4.78 is 5.61. The molecular weight excluding hydrogens is 367 g/mol. The van der Waals surface area contributed by atoms with Gasteiger partial charge in [0.2, 0.25) is 0 Å². The van der Waals surface area contributed by atoms with E-state index in [0.29, 0.717) is 5.92 Å². The van der Waals surface area contributed by atoms with E-state index in [4.69, 9.17) is 4.74 Å². The second-order valence-electron chi connectivity index (χ2n) is 7.44. The van der Waals surface area contributed by atoms with E-state index in [2.05, 4.69) is 29.5 Å². The van der Waals surface area contributed by atoms with E-state index in [1.54, 1.807) is 0 Å².